The van der Waals surface area contributed by atoms with Crippen molar-refractivity contribution in [2.75, 3.05) is 12.4 Å². The van der Waals surface area contributed by atoms with Crippen LogP contribution >= 0.6 is 0 Å². The van der Waals surface area contributed by atoms with Crippen molar-refractivity contribution in [2.24, 2.45) is 5.73 Å². The lowest BCUT2D eigenvalue weighted by molar-refractivity contribution is 0.100. The molecule has 4 heterocycles. The van der Waals surface area contributed by atoms with Crippen LogP contribution in [0.1, 0.15) is 48.1 Å². The number of ether oxygens (including phenoxy) is 1. The van der Waals surface area contributed by atoms with Crippen LogP contribution in [0.25, 0.3) is 16.6 Å². The first-order chi connectivity index (χ1) is 15.4. The molecular formula is C23H26N6O3. The fraction of sp³-hybridized carbons (Fsp3) is 0.304. The van der Waals surface area contributed by atoms with Crippen LogP contribution in [-0.4, -0.2) is 38.6 Å². The summed E-state index contributed by atoms with van der Waals surface area (Å²) in [4.78, 5) is 20.9. The number of aromatic nitrogens is 4. The highest BCUT2D eigenvalue weighted by atomic mass is 16.5. The van der Waals surface area contributed by atoms with Gasteiger partial charge in [0.2, 0.25) is 5.88 Å². The summed E-state index contributed by atoms with van der Waals surface area (Å²) in [5.41, 5.74) is 9.98. The van der Waals surface area contributed by atoms with Crippen LogP contribution in [0.4, 0.5) is 5.69 Å². The standard InChI is InChI=1S/C23H26N6O3/c1-5-17(23-27-13(2)12-32-23)14(3)28-21-18(22(24)30)10-26-29-11-16(8-19(21)29)15-6-7-20(31-4)25-9-15/h6-12,14,17,28H,5H2,1-4H3,(H2,24,30). The third kappa shape index (κ3) is 4.01. The number of carbonyl (C=O) groups is 1. The Hall–Kier alpha value is -3.88. The van der Waals surface area contributed by atoms with Crippen molar-refractivity contribution >= 4 is 17.1 Å². The van der Waals surface area contributed by atoms with Crippen molar-refractivity contribution in [2.45, 2.75) is 39.2 Å². The van der Waals surface area contributed by atoms with Crippen molar-refractivity contribution in [3.05, 3.63) is 60.2 Å². The maximum Gasteiger partial charge on any atom is 0.252 e. The molecule has 4 aromatic rings. The quantitative estimate of drug-likeness (QED) is 0.433. The minimum atomic E-state index is -0.552. The zero-order valence-electron chi connectivity index (χ0n) is 18.5. The Labute approximate surface area is 185 Å². The third-order valence-corrected chi connectivity index (χ3v) is 5.55. The van der Waals surface area contributed by atoms with Crippen LogP contribution in [-0.2, 0) is 0 Å². The third-order valence-electron chi connectivity index (χ3n) is 5.55. The van der Waals surface area contributed by atoms with Crippen LogP contribution in [0.5, 0.6) is 5.88 Å². The molecule has 4 aromatic heterocycles. The molecule has 0 spiro atoms. The maximum absolute atomic E-state index is 12.2. The molecule has 3 N–H and O–H groups in total. The summed E-state index contributed by atoms with van der Waals surface area (Å²) in [6.07, 6.45) is 7.55. The number of nitrogens with zero attached hydrogens (tertiary/aromatic N) is 4. The lowest BCUT2D eigenvalue weighted by atomic mass is 9.97. The second kappa shape index (κ2) is 8.70. The number of oxazole rings is 1. The highest BCUT2D eigenvalue weighted by molar-refractivity contribution is 6.02. The van der Waals surface area contributed by atoms with E-state index in [1.54, 1.807) is 30.2 Å². The minimum Gasteiger partial charge on any atom is -0.481 e. The van der Waals surface area contributed by atoms with Gasteiger partial charge in [-0.3, -0.25) is 4.79 Å². The molecule has 0 saturated carbocycles. The van der Waals surface area contributed by atoms with Crippen molar-refractivity contribution in [3.63, 3.8) is 0 Å². The Morgan fingerprint density at radius 1 is 1.31 bits per heavy atom. The molecule has 0 aromatic carbocycles. The highest BCUT2D eigenvalue weighted by Crippen LogP contribution is 2.32. The maximum atomic E-state index is 12.2. The highest BCUT2D eigenvalue weighted by Gasteiger charge is 2.25. The van der Waals surface area contributed by atoms with Crippen molar-refractivity contribution in [1.29, 1.82) is 0 Å². The van der Waals surface area contributed by atoms with E-state index in [0.29, 0.717) is 23.0 Å². The fourth-order valence-electron chi connectivity index (χ4n) is 3.84. The Morgan fingerprint density at radius 2 is 2.12 bits per heavy atom. The van der Waals surface area contributed by atoms with Gasteiger partial charge in [0, 0.05) is 35.6 Å². The second-order valence-electron chi connectivity index (χ2n) is 7.72. The fourth-order valence-corrected chi connectivity index (χ4v) is 3.84. The van der Waals surface area contributed by atoms with Crippen LogP contribution in [0.15, 0.2) is 47.5 Å². The summed E-state index contributed by atoms with van der Waals surface area (Å²) in [5.74, 6) is 0.660. The largest absolute Gasteiger partial charge is 0.481 e. The zero-order chi connectivity index (χ0) is 22.8. The number of primary amides is 1. The van der Waals surface area contributed by atoms with Gasteiger partial charge in [0.15, 0.2) is 5.89 Å². The van der Waals surface area contributed by atoms with E-state index in [0.717, 1.165) is 28.8 Å². The lowest BCUT2D eigenvalue weighted by Crippen LogP contribution is -2.27. The molecule has 0 bridgehead atoms. The molecule has 2 unspecified atom stereocenters. The smallest absolute Gasteiger partial charge is 0.252 e. The van der Waals surface area contributed by atoms with Gasteiger partial charge in [-0.25, -0.2) is 14.5 Å². The second-order valence-corrected chi connectivity index (χ2v) is 7.72. The predicted octanol–water partition coefficient (Wildman–Crippen LogP) is 3.79. The summed E-state index contributed by atoms with van der Waals surface area (Å²) in [6, 6.07) is 5.59. The number of anilines is 1. The SMILES string of the molecule is CCC(c1nc(C)co1)C(C)Nc1c(C(N)=O)cnn2cc(-c3ccc(OC)nc3)cc12. The number of nitrogens with one attached hydrogen (secondary N) is 1. The Kier molecular flexibility index (Phi) is 5.81. The van der Waals surface area contributed by atoms with Crippen molar-refractivity contribution in [1.82, 2.24) is 19.6 Å². The summed E-state index contributed by atoms with van der Waals surface area (Å²) < 4.78 is 12.5. The first-order valence-electron chi connectivity index (χ1n) is 10.4. The minimum absolute atomic E-state index is 0.0119. The molecule has 0 radical (unpaired) electrons. The summed E-state index contributed by atoms with van der Waals surface area (Å²) in [5, 5.41) is 7.86. The molecule has 0 saturated heterocycles. The number of nitrogens with two attached hydrogens (primary N) is 1. The predicted molar refractivity (Wildman–Crippen MR) is 121 cm³/mol. The van der Waals surface area contributed by atoms with Crippen LogP contribution in [0.2, 0.25) is 0 Å². The number of hydrogen-bond acceptors (Lipinski definition) is 7. The van der Waals surface area contributed by atoms with E-state index in [1.807, 2.05) is 32.2 Å². The molecule has 4 rings (SSSR count). The van der Waals surface area contributed by atoms with E-state index in [-0.39, 0.29) is 12.0 Å². The van der Waals surface area contributed by atoms with Gasteiger partial charge in [0.1, 0.15) is 6.26 Å². The van der Waals surface area contributed by atoms with E-state index in [9.17, 15) is 4.79 Å². The van der Waals surface area contributed by atoms with Crippen LogP contribution in [0.3, 0.4) is 0 Å². The molecule has 0 aliphatic rings. The van der Waals surface area contributed by atoms with Crippen LogP contribution in [0, 0.1) is 6.92 Å². The number of carbonyl (C=O) groups excluding carboxylic acids is 1. The molecule has 0 aliphatic heterocycles. The van der Waals surface area contributed by atoms with Gasteiger partial charge in [-0.05, 0) is 32.4 Å². The number of rotatable bonds is 8. The summed E-state index contributed by atoms with van der Waals surface area (Å²) in [6.45, 7) is 6.00. The first kappa shape index (κ1) is 21.4. The molecular weight excluding hydrogens is 408 g/mol. The molecule has 0 aliphatic carbocycles. The number of amides is 1. The molecule has 166 valence electrons. The average molecular weight is 435 g/mol. The van der Waals surface area contributed by atoms with Gasteiger partial charge in [-0.2, -0.15) is 5.10 Å². The summed E-state index contributed by atoms with van der Waals surface area (Å²) in [7, 11) is 1.58. The lowest BCUT2D eigenvalue weighted by Gasteiger charge is -2.23. The van der Waals surface area contributed by atoms with E-state index < -0.39 is 5.91 Å². The Morgan fingerprint density at radius 3 is 2.72 bits per heavy atom. The molecule has 9 heteroatoms. The number of hydrogen-bond donors (Lipinski definition) is 2. The average Bonchev–Trinajstić information content (AvgIpc) is 3.41. The van der Waals surface area contributed by atoms with Crippen molar-refractivity contribution in [3.8, 4) is 17.0 Å². The van der Waals surface area contributed by atoms with Gasteiger partial charge in [-0.15, -0.1) is 0 Å². The van der Waals surface area contributed by atoms with Gasteiger partial charge in [-0.1, -0.05) is 6.92 Å². The topological polar surface area (TPSA) is 121 Å². The van der Waals surface area contributed by atoms with E-state index in [1.165, 1.54) is 6.20 Å². The number of methoxy groups -OCH3 is 1. The van der Waals surface area contributed by atoms with Gasteiger partial charge < -0.3 is 20.2 Å². The first-order valence-corrected chi connectivity index (χ1v) is 10.4. The molecule has 1 amide bonds. The number of aryl methyl sites for hydroxylation is 1. The van der Waals surface area contributed by atoms with E-state index in [4.69, 9.17) is 14.9 Å². The van der Waals surface area contributed by atoms with Crippen molar-refractivity contribution < 1.29 is 13.9 Å². The van der Waals surface area contributed by atoms with E-state index >= 15 is 0 Å². The number of fused-ring (bicyclic) bond motifs is 1. The normalized spacial score (nSPS) is 13.1. The van der Waals surface area contributed by atoms with Crippen LogP contribution < -0.4 is 15.8 Å². The van der Waals surface area contributed by atoms with Gasteiger partial charge in [0.25, 0.3) is 5.91 Å². The molecule has 0 fully saturated rings. The Bertz CT molecular complexity index is 1240. The van der Waals surface area contributed by atoms with Gasteiger partial charge >= 0.3 is 0 Å². The number of pyridine rings is 1. The molecule has 2 atom stereocenters. The Balaban J connectivity index is 1.74. The van der Waals surface area contributed by atoms with Gasteiger partial charge in [0.05, 0.1) is 41.7 Å². The molecule has 9 nitrogen and oxygen atoms in total. The molecule has 32 heavy (non-hydrogen) atoms. The summed E-state index contributed by atoms with van der Waals surface area (Å²) >= 11 is 0. The monoisotopic (exact) mass is 434 g/mol. The van der Waals surface area contributed by atoms with E-state index in [2.05, 4.69) is 27.3 Å². The zero-order valence-corrected chi connectivity index (χ0v) is 18.5.